The second kappa shape index (κ2) is 8.49. The smallest absolute Gasteiger partial charge is 0.232 e. The molecule has 0 aliphatic carbocycles. The molecule has 2 N–H and O–H groups in total. The molecule has 1 rings (SSSR count). The summed E-state index contributed by atoms with van der Waals surface area (Å²) < 4.78 is 13.4. The molecule has 0 aliphatic rings. The Morgan fingerprint density at radius 2 is 1.95 bits per heavy atom. The Bertz CT molecular complexity index is 491. The van der Waals surface area contributed by atoms with Crippen LogP contribution in [0.25, 0.3) is 0 Å². The van der Waals surface area contributed by atoms with Crippen molar-refractivity contribution >= 4 is 18.3 Å². The third-order valence-corrected chi connectivity index (χ3v) is 4.08. The molecule has 1 aromatic carbocycles. The Hall–Kier alpha value is -1.13. The molecule has 0 spiro atoms. The molecule has 0 saturated carbocycles. The Morgan fingerprint density at radius 3 is 2.45 bits per heavy atom. The fourth-order valence-electron chi connectivity index (χ4n) is 2.26. The van der Waals surface area contributed by atoms with E-state index in [0.29, 0.717) is 18.0 Å². The first-order valence-corrected chi connectivity index (χ1v) is 7.43. The van der Waals surface area contributed by atoms with Gasteiger partial charge < -0.3 is 10.6 Å². The van der Waals surface area contributed by atoms with Crippen LogP contribution in [0.5, 0.6) is 0 Å². The highest BCUT2D eigenvalue weighted by molar-refractivity contribution is 5.87. The molecule has 0 saturated heterocycles. The molecule has 1 atom stereocenters. The van der Waals surface area contributed by atoms with E-state index >= 15 is 0 Å². The molecule has 1 amide bonds. The van der Waals surface area contributed by atoms with Crippen molar-refractivity contribution in [2.75, 3.05) is 13.6 Å². The highest BCUT2D eigenvalue weighted by Crippen LogP contribution is 2.26. The molecule has 22 heavy (non-hydrogen) atoms. The highest BCUT2D eigenvalue weighted by atomic mass is 35.5. The average Bonchev–Trinajstić information content (AvgIpc) is 2.43. The van der Waals surface area contributed by atoms with Crippen LogP contribution in [0.3, 0.4) is 0 Å². The zero-order chi connectivity index (χ0) is 16.2. The molecule has 126 valence electrons. The van der Waals surface area contributed by atoms with Gasteiger partial charge in [0.05, 0.1) is 5.41 Å². The number of nitrogens with two attached hydrogens (primary N) is 1. The largest absolute Gasteiger partial charge is 0.345 e. The SMILES string of the molecule is CC(C)C(N)CCN(C)C(=O)C(C)(C)c1cccc(F)c1.Cl. The topological polar surface area (TPSA) is 46.3 Å². The molecule has 0 bridgehead atoms. The average molecular weight is 331 g/mol. The minimum absolute atomic E-state index is 0. The number of benzene rings is 1. The minimum atomic E-state index is -0.751. The van der Waals surface area contributed by atoms with Gasteiger partial charge in [0.2, 0.25) is 5.91 Å². The molecule has 0 heterocycles. The molecule has 5 heteroatoms. The molecule has 0 aliphatic heterocycles. The van der Waals surface area contributed by atoms with E-state index in [0.717, 1.165) is 6.42 Å². The van der Waals surface area contributed by atoms with Crippen LogP contribution in [-0.2, 0) is 10.2 Å². The van der Waals surface area contributed by atoms with E-state index in [2.05, 4.69) is 13.8 Å². The third-order valence-electron chi connectivity index (χ3n) is 4.08. The van der Waals surface area contributed by atoms with E-state index in [1.54, 1.807) is 24.1 Å². The number of rotatable bonds is 6. The van der Waals surface area contributed by atoms with E-state index in [1.165, 1.54) is 12.1 Å². The monoisotopic (exact) mass is 330 g/mol. The van der Waals surface area contributed by atoms with Gasteiger partial charge in [-0.25, -0.2) is 4.39 Å². The molecular weight excluding hydrogens is 303 g/mol. The Labute approximate surface area is 139 Å². The zero-order valence-electron chi connectivity index (χ0n) is 14.1. The first-order valence-electron chi connectivity index (χ1n) is 7.43. The van der Waals surface area contributed by atoms with Crippen LogP contribution < -0.4 is 5.73 Å². The summed E-state index contributed by atoms with van der Waals surface area (Å²) >= 11 is 0. The van der Waals surface area contributed by atoms with E-state index in [4.69, 9.17) is 5.73 Å². The quantitative estimate of drug-likeness (QED) is 0.869. The summed E-state index contributed by atoms with van der Waals surface area (Å²) in [5.41, 5.74) is 5.95. The van der Waals surface area contributed by atoms with Crippen molar-refractivity contribution in [2.24, 2.45) is 11.7 Å². The van der Waals surface area contributed by atoms with Gasteiger partial charge in [-0.05, 0) is 43.9 Å². The van der Waals surface area contributed by atoms with Crippen LogP contribution in [0.1, 0.15) is 39.7 Å². The maximum atomic E-state index is 13.4. The van der Waals surface area contributed by atoms with Crippen LogP contribution in [0.15, 0.2) is 24.3 Å². The lowest BCUT2D eigenvalue weighted by atomic mass is 9.83. The van der Waals surface area contributed by atoms with Gasteiger partial charge in [-0.3, -0.25) is 4.79 Å². The fourth-order valence-corrected chi connectivity index (χ4v) is 2.26. The lowest BCUT2D eigenvalue weighted by molar-refractivity contribution is -0.135. The van der Waals surface area contributed by atoms with Gasteiger partial charge >= 0.3 is 0 Å². The third kappa shape index (κ3) is 5.25. The summed E-state index contributed by atoms with van der Waals surface area (Å²) in [7, 11) is 1.77. The van der Waals surface area contributed by atoms with E-state index in [1.807, 2.05) is 13.8 Å². The fraction of sp³-hybridized carbons (Fsp3) is 0.588. The maximum Gasteiger partial charge on any atom is 0.232 e. The Kier molecular flexibility index (Phi) is 8.05. The number of carbonyl (C=O) groups is 1. The van der Waals surface area contributed by atoms with Crippen LogP contribution in [0.4, 0.5) is 4.39 Å². The molecule has 1 unspecified atom stereocenters. The van der Waals surface area contributed by atoms with Gasteiger partial charge in [-0.15, -0.1) is 12.4 Å². The standard InChI is InChI=1S/C17H27FN2O.ClH/c1-12(2)15(19)9-10-20(5)16(21)17(3,4)13-7-6-8-14(18)11-13;/h6-8,11-12,15H,9-10,19H2,1-5H3;1H. The van der Waals surface area contributed by atoms with Crippen molar-refractivity contribution in [3.05, 3.63) is 35.6 Å². The van der Waals surface area contributed by atoms with E-state index < -0.39 is 5.41 Å². The predicted molar refractivity (Wildman–Crippen MR) is 91.7 cm³/mol. The number of nitrogens with zero attached hydrogens (tertiary/aromatic N) is 1. The van der Waals surface area contributed by atoms with Crippen molar-refractivity contribution in [2.45, 2.75) is 45.6 Å². The van der Waals surface area contributed by atoms with Gasteiger partial charge in [0.25, 0.3) is 0 Å². The minimum Gasteiger partial charge on any atom is -0.345 e. The first kappa shape index (κ1) is 20.9. The summed E-state index contributed by atoms with van der Waals surface area (Å²) in [6, 6.07) is 6.31. The van der Waals surface area contributed by atoms with Crippen molar-refractivity contribution in [1.29, 1.82) is 0 Å². The van der Waals surface area contributed by atoms with Crippen LogP contribution in [0, 0.1) is 11.7 Å². The van der Waals surface area contributed by atoms with Crippen molar-refractivity contribution in [3.8, 4) is 0 Å². The summed E-state index contributed by atoms with van der Waals surface area (Å²) in [6.07, 6.45) is 0.763. The Balaban J connectivity index is 0.00000441. The molecule has 0 aromatic heterocycles. The van der Waals surface area contributed by atoms with Crippen molar-refractivity contribution in [1.82, 2.24) is 4.90 Å². The molecular formula is C17H28ClFN2O. The predicted octanol–water partition coefficient (Wildman–Crippen LogP) is 3.36. The maximum absolute atomic E-state index is 13.4. The lowest BCUT2D eigenvalue weighted by Crippen LogP contribution is -2.43. The van der Waals surface area contributed by atoms with Crippen molar-refractivity contribution < 1.29 is 9.18 Å². The van der Waals surface area contributed by atoms with Gasteiger partial charge in [0, 0.05) is 19.6 Å². The number of hydrogen-bond acceptors (Lipinski definition) is 2. The van der Waals surface area contributed by atoms with Gasteiger partial charge in [0.15, 0.2) is 0 Å². The molecule has 1 aromatic rings. The summed E-state index contributed by atoms with van der Waals surface area (Å²) in [4.78, 5) is 14.3. The Morgan fingerprint density at radius 1 is 1.36 bits per heavy atom. The normalized spacial score (nSPS) is 12.7. The highest BCUT2D eigenvalue weighted by Gasteiger charge is 2.32. The molecule has 0 fully saturated rings. The van der Waals surface area contributed by atoms with E-state index in [-0.39, 0.29) is 30.2 Å². The summed E-state index contributed by atoms with van der Waals surface area (Å²) in [5, 5.41) is 0. The van der Waals surface area contributed by atoms with Gasteiger partial charge in [-0.2, -0.15) is 0 Å². The van der Waals surface area contributed by atoms with Gasteiger partial charge in [-0.1, -0.05) is 26.0 Å². The van der Waals surface area contributed by atoms with Gasteiger partial charge in [0.1, 0.15) is 5.82 Å². The lowest BCUT2D eigenvalue weighted by Gasteiger charge is -2.31. The second-order valence-corrected chi connectivity index (χ2v) is 6.56. The summed E-state index contributed by atoms with van der Waals surface area (Å²) in [5.74, 6) is 0.0478. The molecule has 0 radical (unpaired) electrons. The number of carbonyl (C=O) groups excluding carboxylic acids is 1. The number of amides is 1. The van der Waals surface area contributed by atoms with Crippen LogP contribution in [-0.4, -0.2) is 30.4 Å². The second-order valence-electron chi connectivity index (χ2n) is 6.56. The van der Waals surface area contributed by atoms with Crippen LogP contribution in [0.2, 0.25) is 0 Å². The molecule has 3 nitrogen and oxygen atoms in total. The summed E-state index contributed by atoms with van der Waals surface area (Å²) in [6.45, 7) is 8.40. The first-order chi connectivity index (χ1) is 9.66. The number of likely N-dealkylation sites (N-methyl/N-ethyl adjacent to an activating group) is 1. The van der Waals surface area contributed by atoms with E-state index in [9.17, 15) is 9.18 Å². The van der Waals surface area contributed by atoms with Crippen molar-refractivity contribution in [3.63, 3.8) is 0 Å². The zero-order valence-corrected chi connectivity index (χ0v) is 14.9. The number of halogens is 2. The van der Waals surface area contributed by atoms with Crippen LogP contribution >= 0.6 is 12.4 Å². The number of hydrogen-bond donors (Lipinski definition) is 1.